The third-order valence-corrected chi connectivity index (χ3v) is 4.08. The van der Waals surface area contributed by atoms with Crippen LogP contribution in [0, 0.1) is 5.41 Å². The van der Waals surface area contributed by atoms with Crippen molar-refractivity contribution >= 4 is 11.9 Å². The number of carbonyl (C=O) groups is 2. The van der Waals surface area contributed by atoms with Crippen molar-refractivity contribution in [2.75, 3.05) is 7.11 Å². The molecule has 5 nitrogen and oxygen atoms in total. The summed E-state index contributed by atoms with van der Waals surface area (Å²) in [6.07, 6.45) is 2.09. The number of hydrogen-bond donors (Lipinski definition) is 2. The highest BCUT2D eigenvalue weighted by Crippen LogP contribution is 2.38. The van der Waals surface area contributed by atoms with Gasteiger partial charge in [0, 0.05) is 11.6 Å². The van der Waals surface area contributed by atoms with Crippen molar-refractivity contribution in [3.63, 3.8) is 0 Å². The summed E-state index contributed by atoms with van der Waals surface area (Å²) in [6.45, 7) is 1.69. The van der Waals surface area contributed by atoms with E-state index in [1.165, 1.54) is 7.11 Å². The van der Waals surface area contributed by atoms with Gasteiger partial charge in [0.2, 0.25) is 0 Å². The standard InChI is InChI=1S/C15H19NO4/c1-15(14(18)19)8-4-7-12(15)16-13(17)10-5-3-6-11(9-10)20-2/h3,5-6,9,12H,4,7-8H2,1-2H3,(H,16,17)(H,18,19). The van der Waals surface area contributed by atoms with E-state index in [2.05, 4.69) is 5.32 Å². The Kier molecular flexibility index (Phi) is 3.97. The molecular formula is C15H19NO4. The van der Waals surface area contributed by atoms with Crippen LogP contribution in [-0.4, -0.2) is 30.1 Å². The van der Waals surface area contributed by atoms with Crippen molar-refractivity contribution in [1.82, 2.24) is 5.32 Å². The summed E-state index contributed by atoms with van der Waals surface area (Å²) in [7, 11) is 1.54. The normalized spacial score (nSPS) is 25.2. The van der Waals surface area contributed by atoms with Gasteiger partial charge in [-0.15, -0.1) is 0 Å². The van der Waals surface area contributed by atoms with Crippen molar-refractivity contribution in [1.29, 1.82) is 0 Å². The van der Waals surface area contributed by atoms with E-state index in [1.807, 2.05) is 0 Å². The summed E-state index contributed by atoms with van der Waals surface area (Å²) < 4.78 is 5.08. The topological polar surface area (TPSA) is 75.6 Å². The van der Waals surface area contributed by atoms with E-state index in [0.29, 0.717) is 24.2 Å². The molecule has 1 amide bonds. The highest BCUT2D eigenvalue weighted by molar-refractivity contribution is 5.95. The highest BCUT2D eigenvalue weighted by atomic mass is 16.5. The van der Waals surface area contributed by atoms with Crippen molar-refractivity contribution in [3.05, 3.63) is 29.8 Å². The monoisotopic (exact) mass is 277 g/mol. The summed E-state index contributed by atoms with van der Waals surface area (Å²) in [5, 5.41) is 12.2. The fourth-order valence-electron chi connectivity index (χ4n) is 2.66. The minimum absolute atomic E-state index is 0.261. The summed E-state index contributed by atoms with van der Waals surface area (Å²) >= 11 is 0. The molecule has 1 saturated carbocycles. The Morgan fingerprint density at radius 1 is 1.45 bits per heavy atom. The van der Waals surface area contributed by atoms with Crippen LogP contribution in [0.4, 0.5) is 0 Å². The number of aliphatic carboxylic acids is 1. The Bertz CT molecular complexity index is 528. The molecule has 2 N–H and O–H groups in total. The minimum atomic E-state index is -0.880. The van der Waals surface area contributed by atoms with Gasteiger partial charge in [0.25, 0.3) is 5.91 Å². The van der Waals surface area contributed by atoms with Crippen LogP contribution in [0.3, 0.4) is 0 Å². The van der Waals surface area contributed by atoms with Crippen molar-refractivity contribution < 1.29 is 19.4 Å². The molecule has 2 atom stereocenters. The zero-order chi connectivity index (χ0) is 14.8. The molecule has 0 heterocycles. The van der Waals surface area contributed by atoms with E-state index in [1.54, 1.807) is 31.2 Å². The number of rotatable bonds is 4. The number of methoxy groups -OCH3 is 1. The maximum Gasteiger partial charge on any atom is 0.311 e. The molecule has 2 rings (SSSR count). The van der Waals surface area contributed by atoms with Crippen LogP contribution in [0.2, 0.25) is 0 Å². The first kappa shape index (κ1) is 14.4. The molecule has 1 aromatic rings. The van der Waals surface area contributed by atoms with Gasteiger partial charge in [0.05, 0.1) is 12.5 Å². The molecule has 1 aliphatic carbocycles. The first-order chi connectivity index (χ1) is 9.47. The van der Waals surface area contributed by atoms with Crippen molar-refractivity contribution in [3.8, 4) is 5.75 Å². The Labute approximate surface area is 117 Å². The SMILES string of the molecule is COc1cccc(C(=O)NC2CCCC2(C)C(=O)O)c1. The lowest BCUT2D eigenvalue weighted by molar-refractivity contribution is -0.148. The summed E-state index contributed by atoms with van der Waals surface area (Å²) in [4.78, 5) is 23.6. The predicted molar refractivity (Wildman–Crippen MR) is 73.8 cm³/mol. The van der Waals surface area contributed by atoms with Gasteiger partial charge >= 0.3 is 5.97 Å². The number of nitrogens with one attached hydrogen (secondary N) is 1. The quantitative estimate of drug-likeness (QED) is 0.883. The zero-order valence-corrected chi connectivity index (χ0v) is 11.7. The van der Waals surface area contributed by atoms with Crippen molar-refractivity contribution in [2.24, 2.45) is 5.41 Å². The molecule has 0 spiro atoms. The second kappa shape index (κ2) is 5.53. The molecule has 5 heteroatoms. The third-order valence-electron chi connectivity index (χ3n) is 4.08. The van der Waals surface area contributed by atoms with Gasteiger partial charge in [0.15, 0.2) is 0 Å². The molecule has 2 unspecified atom stereocenters. The second-order valence-corrected chi connectivity index (χ2v) is 5.37. The average molecular weight is 277 g/mol. The van der Waals surface area contributed by atoms with Crippen LogP contribution in [-0.2, 0) is 4.79 Å². The van der Waals surface area contributed by atoms with Crippen LogP contribution in [0.25, 0.3) is 0 Å². The molecule has 20 heavy (non-hydrogen) atoms. The van der Waals surface area contributed by atoms with Crippen LogP contribution >= 0.6 is 0 Å². The lowest BCUT2D eigenvalue weighted by atomic mass is 9.85. The zero-order valence-electron chi connectivity index (χ0n) is 11.7. The second-order valence-electron chi connectivity index (χ2n) is 5.37. The van der Waals surface area contributed by atoms with Crippen LogP contribution in [0.15, 0.2) is 24.3 Å². The molecule has 0 saturated heterocycles. The van der Waals surface area contributed by atoms with E-state index in [4.69, 9.17) is 4.74 Å². The van der Waals surface area contributed by atoms with Gasteiger partial charge in [-0.3, -0.25) is 9.59 Å². The maximum atomic E-state index is 12.2. The first-order valence-electron chi connectivity index (χ1n) is 6.65. The summed E-state index contributed by atoms with van der Waals surface area (Å²) in [5.74, 6) is -0.515. The Hall–Kier alpha value is -2.04. The average Bonchev–Trinajstić information content (AvgIpc) is 2.81. The molecular weight excluding hydrogens is 258 g/mol. The molecule has 0 aliphatic heterocycles. The Morgan fingerprint density at radius 3 is 2.85 bits per heavy atom. The van der Waals surface area contributed by atoms with Gasteiger partial charge in [-0.1, -0.05) is 12.5 Å². The van der Waals surface area contributed by atoms with E-state index < -0.39 is 11.4 Å². The number of carboxylic acids is 1. The van der Waals surface area contributed by atoms with E-state index >= 15 is 0 Å². The van der Waals surface area contributed by atoms with Gasteiger partial charge in [-0.25, -0.2) is 0 Å². The summed E-state index contributed by atoms with van der Waals surface area (Å²) in [6, 6.07) is 6.48. The summed E-state index contributed by atoms with van der Waals surface area (Å²) in [5.41, 5.74) is -0.405. The molecule has 1 aliphatic rings. The van der Waals surface area contributed by atoms with Crippen LogP contribution in [0.1, 0.15) is 36.5 Å². The van der Waals surface area contributed by atoms with E-state index in [9.17, 15) is 14.7 Å². The third kappa shape index (κ3) is 2.61. The lowest BCUT2D eigenvalue weighted by Crippen LogP contribution is -2.47. The van der Waals surface area contributed by atoms with E-state index in [-0.39, 0.29) is 11.9 Å². The number of benzene rings is 1. The smallest absolute Gasteiger partial charge is 0.311 e. The minimum Gasteiger partial charge on any atom is -0.497 e. The first-order valence-corrected chi connectivity index (χ1v) is 6.65. The fraction of sp³-hybridized carbons (Fsp3) is 0.467. The Morgan fingerprint density at radius 2 is 2.20 bits per heavy atom. The highest BCUT2D eigenvalue weighted by Gasteiger charge is 2.45. The van der Waals surface area contributed by atoms with Crippen LogP contribution in [0.5, 0.6) is 5.75 Å². The number of ether oxygens (including phenoxy) is 1. The number of carbonyl (C=O) groups excluding carboxylic acids is 1. The Balaban J connectivity index is 2.13. The molecule has 0 aromatic heterocycles. The van der Waals surface area contributed by atoms with Crippen molar-refractivity contribution in [2.45, 2.75) is 32.2 Å². The lowest BCUT2D eigenvalue weighted by Gasteiger charge is -2.27. The maximum absolute atomic E-state index is 12.2. The van der Waals surface area contributed by atoms with Crippen LogP contribution < -0.4 is 10.1 Å². The van der Waals surface area contributed by atoms with Gasteiger partial charge in [-0.2, -0.15) is 0 Å². The van der Waals surface area contributed by atoms with Gasteiger partial charge < -0.3 is 15.2 Å². The predicted octanol–water partition coefficient (Wildman–Crippen LogP) is 2.07. The van der Waals surface area contributed by atoms with Gasteiger partial charge in [-0.05, 0) is 38.0 Å². The van der Waals surface area contributed by atoms with E-state index in [0.717, 1.165) is 6.42 Å². The molecule has 1 fully saturated rings. The fourth-order valence-corrected chi connectivity index (χ4v) is 2.66. The van der Waals surface area contributed by atoms with Gasteiger partial charge in [0.1, 0.15) is 5.75 Å². The molecule has 108 valence electrons. The largest absolute Gasteiger partial charge is 0.497 e. The number of amides is 1. The number of hydrogen-bond acceptors (Lipinski definition) is 3. The molecule has 1 aromatic carbocycles. The molecule has 0 bridgehead atoms. The molecule has 0 radical (unpaired) electrons. The number of carboxylic acid groups (broad SMARTS) is 1.